The first-order valence-electron chi connectivity index (χ1n) is 11.5. The Balaban J connectivity index is 1.47. The molecule has 4 aromatic carbocycles. The van der Waals surface area contributed by atoms with E-state index in [1.165, 1.54) is 41.0 Å². The van der Waals surface area contributed by atoms with Crippen molar-refractivity contribution >= 4 is 22.5 Å². The van der Waals surface area contributed by atoms with Crippen LogP contribution in [0.4, 0.5) is 14.5 Å². The lowest BCUT2D eigenvalue weighted by Crippen LogP contribution is -2.39. The molecule has 6 nitrogen and oxygen atoms in total. The highest BCUT2D eigenvalue weighted by molar-refractivity contribution is 5.92. The average Bonchev–Trinajstić information content (AvgIpc) is 2.90. The van der Waals surface area contributed by atoms with E-state index in [0.717, 1.165) is 4.57 Å². The van der Waals surface area contributed by atoms with Crippen molar-refractivity contribution in [2.24, 2.45) is 0 Å². The molecule has 0 aliphatic heterocycles. The Morgan fingerprint density at radius 3 is 2.00 bits per heavy atom. The fourth-order valence-corrected chi connectivity index (χ4v) is 4.16. The van der Waals surface area contributed by atoms with Gasteiger partial charge in [0.1, 0.15) is 11.6 Å². The van der Waals surface area contributed by atoms with Crippen LogP contribution in [0.1, 0.15) is 11.1 Å². The second kappa shape index (κ2) is 10.0. The van der Waals surface area contributed by atoms with Gasteiger partial charge in [0, 0.05) is 5.69 Å². The van der Waals surface area contributed by atoms with Crippen LogP contribution in [0, 0.1) is 11.6 Å². The van der Waals surface area contributed by atoms with Gasteiger partial charge in [-0.25, -0.2) is 18.1 Å². The molecule has 0 atom stereocenters. The fraction of sp³-hybridized carbons (Fsp3) is 0.0690. The Kier molecular flexibility index (Phi) is 6.47. The van der Waals surface area contributed by atoms with E-state index in [-0.39, 0.29) is 24.7 Å². The van der Waals surface area contributed by atoms with Gasteiger partial charge in [0.05, 0.1) is 29.6 Å². The first-order valence-corrected chi connectivity index (χ1v) is 11.5. The molecule has 0 spiro atoms. The van der Waals surface area contributed by atoms with Crippen LogP contribution in [-0.2, 0) is 17.8 Å². The van der Waals surface area contributed by atoms with Gasteiger partial charge in [-0.1, -0.05) is 36.4 Å². The number of nitrogens with zero attached hydrogens (tertiary/aromatic N) is 2. The summed E-state index contributed by atoms with van der Waals surface area (Å²) in [5.41, 5.74) is 1.70. The van der Waals surface area contributed by atoms with Crippen molar-refractivity contribution in [1.82, 2.24) is 9.13 Å². The lowest BCUT2D eigenvalue weighted by molar-refractivity contribution is -0.115. The first kappa shape index (κ1) is 23.9. The van der Waals surface area contributed by atoms with Crippen molar-refractivity contribution < 1.29 is 13.6 Å². The molecular weight excluding hydrogens is 476 g/mol. The summed E-state index contributed by atoms with van der Waals surface area (Å²) >= 11 is 0. The summed E-state index contributed by atoms with van der Waals surface area (Å²) < 4.78 is 29.0. The molecule has 0 fully saturated rings. The highest BCUT2D eigenvalue weighted by atomic mass is 19.1. The Labute approximate surface area is 210 Å². The fourth-order valence-electron chi connectivity index (χ4n) is 4.16. The number of anilines is 1. The average molecular weight is 498 g/mol. The van der Waals surface area contributed by atoms with Gasteiger partial charge < -0.3 is 5.32 Å². The van der Waals surface area contributed by atoms with Crippen molar-refractivity contribution in [3.8, 4) is 5.69 Å². The number of para-hydroxylation sites is 1. The number of hydrogen-bond donors (Lipinski definition) is 1. The number of amides is 1. The van der Waals surface area contributed by atoms with Crippen LogP contribution in [-0.4, -0.2) is 15.0 Å². The van der Waals surface area contributed by atoms with Gasteiger partial charge in [-0.3, -0.25) is 14.2 Å². The van der Waals surface area contributed by atoms with E-state index in [0.29, 0.717) is 33.4 Å². The highest BCUT2D eigenvalue weighted by Crippen LogP contribution is 2.14. The summed E-state index contributed by atoms with van der Waals surface area (Å²) in [6.45, 7) is 0.154. The summed E-state index contributed by atoms with van der Waals surface area (Å²) in [4.78, 5) is 39.2. The Morgan fingerprint density at radius 2 is 1.32 bits per heavy atom. The molecule has 5 aromatic rings. The number of halogens is 2. The van der Waals surface area contributed by atoms with Crippen LogP contribution >= 0.6 is 0 Å². The second-order valence-electron chi connectivity index (χ2n) is 8.55. The number of carbonyl (C=O) groups excluding carboxylic acids is 1. The quantitative estimate of drug-likeness (QED) is 0.371. The van der Waals surface area contributed by atoms with Crippen LogP contribution in [0.25, 0.3) is 16.6 Å². The third-order valence-corrected chi connectivity index (χ3v) is 5.99. The molecule has 8 heteroatoms. The van der Waals surface area contributed by atoms with E-state index in [4.69, 9.17) is 0 Å². The van der Waals surface area contributed by atoms with Gasteiger partial charge in [0.15, 0.2) is 0 Å². The maximum atomic E-state index is 13.5. The molecule has 5 rings (SSSR count). The van der Waals surface area contributed by atoms with Gasteiger partial charge >= 0.3 is 5.69 Å². The first-order chi connectivity index (χ1) is 17.9. The molecule has 0 unspecified atom stereocenters. The van der Waals surface area contributed by atoms with Gasteiger partial charge in [-0.05, 0) is 71.8 Å². The highest BCUT2D eigenvalue weighted by Gasteiger charge is 2.15. The molecule has 1 aromatic heterocycles. The second-order valence-corrected chi connectivity index (χ2v) is 8.55. The molecule has 184 valence electrons. The van der Waals surface area contributed by atoms with Crippen molar-refractivity contribution in [2.75, 3.05) is 5.32 Å². The predicted molar refractivity (Wildman–Crippen MR) is 138 cm³/mol. The lowest BCUT2D eigenvalue weighted by atomic mass is 10.1. The number of nitrogens with one attached hydrogen (secondary N) is 1. The Hall–Kier alpha value is -4.85. The molecule has 0 saturated heterocycles. The zero-order chi connectivity index (χ0) is 25.9. The number of fused-ring (bicyclic) bond motifs is 1. The smallest absolute Gasteiger partial charge is 0.326 e. The minimum atomic E-state index is -0.533. The molecule has 37 heavy (non-hydrogen) atoms. The summed E-state index contributed by atoms with van der Waals surface area (Å²) in [6, 6.07) is 24.7. The lowest BCUT2D eigenvalue weighted by Gasteiger charge is -2.15. The summed E-state index contributed by atoms with van der Waals surface area (Å²) in [5.74, 6) is -1.06. The van der Waals surface area contributed by atoms with Crippen molar-refractivity contribution in [3.05, 3.63) is 141 Å². The third-order valence-electron chi connectivity index (χ3n) is 5.99. The normalized spacial score (nSPS) is 11.0. The van der Waals surface area contributed by atoms with Crippen LogP contribution in [0.2, 0.25) is 0 Å². The molecule has 0 aliphatic carbocycles. The number of aromatic nitrogens is 2. The summed E-state index contributed by atoms with van der Waals surface area (Å²) in [7, 11) is 0. The van der Waals surface area contributed by atoms with Crippen molar-refractivity contribution in [2.45, 2.75) is 13.0 Å². The van der Waals surface area contributed by atoms with Crippen LogP contribution in [0.3, 0.4) is 0 Å². The maximum absolute atomic E-state index is 13.5. The minimum absolute atomic E-state index is 0.0546. The van der Waals surface area contributed by atoms with Gasteiger partial charge in [0.25, 0.3) is 5.56 Å². The number of carbonyl (C=O) groups is 1. The minimum Gasteiger partial charge on any atom is -0.326 e. The molecular formula is C29H21F2N3O3. The zero-order valence-electron chi connectivity index (χ0n) is 19.5. The largest absolute Gasteiger partial charge is 0.336 e. The summed E-state index contributed by atoms with van der Waals surface area (Å²) in [5, 5.41) is 3.07. The SMILES string of the molecule is O=C(Cc1ccc(-n2c(=O)c3ccccc3n(Cc3ccc(F)cc3)c2=O)cc1)Nc1ccc(F)cc1. The van der Waals surface area contributed by atoms with E-state index in [9.17, 15) is 23.2 Å². The topological polar surface area (TPSA) is 73.1 Å². The van der Waals surface area contributed by atoms with Crippen molar-refractivity contribution in [3.63, 3.8) is 0 Å². The van der Waals surface area contributed by atoms with Crippen LogP contribution in [0.5, 0.6) is 0 Å². The van der Waals surface area contributed by atoms with Gasteiger partial charge in [-0.15, -0.1) is 0 Å². The molecule has 1 heterocycles. The Morgan fingerprint density at radius 1 is 0.730 bits per heavy atom. The van der Waals surface area contributed by atoms with Crippen LogP contribution in [0.15, 0.2) is 107 Å². The third kappa shape index (κ3) is 5.08. The van der Waals surface area contributed by atoms with E-state index in [1.807, 2.05) is 0 Å². The van der Waals surface area contributed by atoms with E-state index < -0.39 is 17.1 Å². The summed E-state index contributed by atoms with van der Waals surface area (Å²) in [6.07, 6.45) is 0.0546. The van der Waals surface area contributed by atoms with Gasteiger partial charge in [-0.2, -0.15) is 0 Å². The predicted octanol–water partition coefficient (Wildman–Crippen LogP) is 4.66. The standard InChI is InChI=1S/C29H21F2N3O3/c30-21-9-5-20(6-10-21)18-33-26-4-2-1-3-25(26)28(36)34(29(33)37)24-15-7-19(8-16-24)17-27(35)32-23-13-11-22(31)12-14-23/h1-16H,17-18H2,(H,32,35). The number of rotatable bonds is 6. The van der Waals surface area contributed by atoms with E-state index in [2.05, 4.69) is 5.32 Å². The van der Waals surface area contributed by atoms with Gasteiger partial charge in [0.2, 0.25) is 5.91 Å². The van der Waals surface area contributed by atoms with E-state index >= 15 is 0 Å². The van der Waals surface area contributed by atoms with Crippen molar-refractivity contribution in [1.29, 1.82) is 0 Å². The molecule has 0 saturated carbocycles. The molecule has 1 amide bonds. The molecule has 0 aliphatic rings. The number of benzene rings is 4. The van der Waals surface area contributed by atoms with Crippen LogP contribution < -0.4 is 16.6 Å². The Bertz CT molecular complexity index is 1710. The van der Waals surface area contributed by atoms with E-state index in [1.54, 1.807) is 60.7 Å². The zero-order valence-corrected chi connectivity index (χ0v) is 19.5. The monoisotopic (exact) mass is 497 g/mol. The molecule has 0 bridgehead atoms. The number of hydrogen-bond acceptors (Lipinski definition) is 3. The molecule has 1 N–H and O–H groups in total. The molecule has 0 radical (unpaired) electrons. The maximum Gasteiger partial charge on any atom is 0.336 e.